The van der Waals surface area contributed by atoms with Gasteiger partial charge < -0.3 is 20.4 Å². The summed E-state index contributed by atoms with van der Waals surface area (Å²) < 4.78 is 4.86. The van der Waals surface area contributed by atoms with E-state index >= 15 is 0 Å². The topological polar surface area (TPSA) is 114 Å². The highest BCUT2D eigenvalue weighted by Crippen LogP contribution is 1.95. The first-order valence-corrected chi connectivity index (χ1v) is 4.41. The molecule has 0 aliphatic rings. The zero-order valence-corrected chi connectivity index (χ0v) is 9.20. The predicted molar refractivity (Wildman–Crippen MR) is 62.3 cm³/mol. The second kappa shape index (κ2) is 11.7. The summed E-state index contributed by atoms with van der Waals surface area (Å²) in [6.45, 7) is 6.41. The number of furan rings is 1. The van der Waals surface area contributed by atoms with Gasteiger partial charge in [-0.15, -0.1) is 0 Å². The van der Waals surface area contributed by atoms with Gasteiger partial charge in [-0.25, -0.2) is 9.59 Å². The molecule has 0 saturated heterocycles. The van der Waals surface area contributed by atoms with E-state index in [4.69, 9.17) is 20.4 Å². The molecule has 0 radical (unpaired) electrons. The van der Waals surface area contributed by atoms with Gasteiger partial charge in [0.15, 0.2) is 0 Å². The molecule has 17 heavy (non-hydrogen) atoms. The van der Waals surface area contributed by atoms with Crippen LogP contribution in [0.3, 0.4) is 0 Å². The molecule has 1 rings (SSSR count). The lowest BCUT2D eigenvalue weighted by Crippen LogP contribution is -1.92. The van der Waals surface area contributed by atoms with Gasteiger partial charge in [0.25, 0.3) is 0 Å². The van der Waals surface area contributed by atoms with Crippen molar-refractivity contribution in [2.75, 3.05) is 0 Å². The molecule has 6 nitrogen and oxygen atoms in total. The lowest BCUT2D eigenvalue weighted by Gasteiger charge is -1.80. The molecule has 0 saturated carbocycles. The monoisotopic (exact) mass is 241 g/mol. The van der Waals surface area contributed by atoms with Crippen LogP contribution in [0.25, 0.3) is 0 Å². The lowest BCUT2D eigenvalue weighted by atomic mass is 10.5. The van der Waals surface area contributed by atoms with Crippen molar-refractivity contribution in [1.82, 2.24) is 0 Å². The van der Waals surface area contributed by atoms with Gasteiger partial charge in [-0.2, -0.15) is 0 Å². The van der Waals surface area contributed by atoms with Crippen LogP contribution in [0.5, 0.6) is 0 Å². The Labute approximate surface area is 98.7 Å². The van der Waals surface area contributed by atoms with Gasteiger partial charge in [-0.1, -0.05) is 13.2 Å². The van der Waals surface area contributed by atoms with Crippen LogP contribution in [-0.2, 0) is 16.1 Å². The van der Waals surface area contributed by atoms with Crippen molar-refractivity contribution in [3.63, 3.8) is 0 Å². The van der Waals surface area contributed by atoms with E-state index in [1.165, 1.54) is 0 Å². The number of carboxylic acid groups (broad SMARTS) is 2. The van der Waals surface area contributed by atoms with Gasteiger partial charge in [0.05, 0.1) is 12.8 Å². The van der Waals surface area contributed by atoms with Crippen molar-refractivity contribution < 1.29 is 24.2 Å². The first kappa shape index (κ1) is 17.1. The minimum Gasteiger partial charge on any atom is -0.478 e. The standard InChI is InChI=1S/C5H7NO.2C3H4O2/c6-4-5-2-1-3-7-5;2*1-2-3(4)5/h1-3H,4,6H2;2*2H,1H2,(H,4,5). The highest BCUT2D eigenvalue weighted by Gasteiger charge is 1.84. The largest absolute Gasteiger partial charge is 0.478 e. The number of rotatable bonds is 3. The Morgan fingerprint density at radius 1 is 1.29 bits per heavy atom. The van der Waals surface area contributed by atoms with E-state index < -0.39 is 11.9 Å². The zero-order chi connectivity index (χ0) is 13.7. The van der Waals surface area contributed by atoms with Crippen molar-refractivity contribution in [3.05, 3.63) is 49.5 Å². The summed E-state index contributed by atoms with van der Waals surface area (Å²) in [5.74, 6) is -1.13. The average molecular weight is 241 g/mol. The summed E-state index contributed by atoms with van der Waals surface area (Å²) >= 11 is 0. The van der Waals surface area contributed by atoms with Crippen LogP contribution >= 0.6 is 0 Å². The SMILES string of the molecule is C=CC(=O)O.C=CC(=O)O.NCc1ccco1. The Bertz CT molecular complexity index is 325. The minimum atomic E-state index is -0.981. The Kier molecular flexibility index (Phi) is 11.8. The maximum Gasteiger partial charge on any atom is 0.327 e. The van der Waals surface area contributed by atoms with Gasteiger partial charge in [0.1, 0.15) is 5.76 Å². The number of nitrogens with two attached hydrogens (primary N) is 1. The van der Waals surface area contributed by atoms with Crippen LogP contribution in [0.1, 0.15) is 5.76 Å². The van der Waals surface area contributed by atoms with Crippen molar-refractivity contribution in [2.24, 2.45) is 5.73 Å². The van der Waals surface area contributed by atoms with Crippen molar-refractivity contribution in [3.8, 4) is 0 Å². The molecule has 0 amide bonds. The van der Waals surface area contributed by atoms with Gasteiger partial charge in [0, 0.05) is 12.2 Å². The summed E-state index contributed by atoms with van der Waals surface area (Å²) in [6.07, 6.45) is 3.28. The molecule has 0 aromatic carbocycles. The number of aliphatic carboxylic acids is 2. The Morgan fingerprint density at radius 3 is 1.82 bits per heavy atom. The van der Waals surface area contributed by atoms with Crippen LogP contribution in [0.4, 0.5) is 0 Å². The van der Waals surface area contributed by atoms with E-state index in [1.807, 2.05) is 12.1 Å². The summed E-state index contributed by atoms with van der Waals surface area (Å²) in [5, 5.41) is 15.2. The predicted octanol–water partition coefficient (Wildman–Crippen LogP) is 1.25. The number of hydrogen-bond acceptors (Lipinski definition) is 4. The number of carbonyl (C=O) groups is 2. The summed E-state index contributed by atoms with van der Waals surface area (Å²) in [6, 6.07) is 3.67. The Balaban J connectivity index is 0. The molecule has 0 unspecified atom stereocenters. The first-order valence-electron chi connectivity index (χ1n) is 4.41. The molecule has 4 N–H and O–H groups in total. The fourth-order valence-corrected chi connectivity index (χ4v) is 0.429. The summed E-state index contributed by atoms with van der Waals surface area (Å²) in [5.41, 5.74) is 5.20. The molecule has 1 aromatic rings. The van der Waals surface area contributed by atoms with E-state index in [0.29, 0.717) is 6.54 Å². The normalized spacial score (nSPS) is 7.59. The molecular formula is C11H15NO5. The second-order valence-electron chi connectivity index (χ2n) is 2.37. The smallest absolute Gasteiger partial charge is 0.327 e. The quantitative estimate of drug-likeness (QED) is 0.686. The highest BCUT2D eigenvalue weighted by atomic mass is 16.4. The third-order valence-corrected chi connectivity index (χ3v) is 1.13. The molecule has 0 aliphatic heterocycles. The first-order chi connectivity index (χ1) is 7.97. The highest BCUT2D eigenvalue weighted by molar-refractivity contribution is 5.79. The minimum absolute atomic E-state index is 0.493. The van der Waals surface area contributed by atoms with E-state index in [1.54, 1.807) is 6.26 Å². The molecular weight excluding hydrogens is 226 g/mol. The van der Waals surface area contributed by atoms with Crippen molar-refractivity contribution in [2.45, 2.75) is 6.54 Å². The Morgan fingerprint density at radius 2 is 1.71 bits per heavy atom. The maximum absolute atomic E-state index is 9.25. The van der Waals surface area contributed by atoms with Crippen LogP contribution in [0.15, 0.2) is 48.1 Å². The van der Waals surface area contributed by atoms with E-state index in [9.17, 15) is 9.59 Å². The van der Waals surface area contributed by atoms with Crippen molar-refractivity contribution in [1.29, 1.82) is 0 Å². The fraction of sp³-hybridized carbons (Fsp3) is 0.0909. The molecule has 0 atom stereocenters. The van der Waals surface area contributed by atoms with Gasteiger partial charge >= 0.3 is 11.9 Å². The molecule has 0 bridgehead atoms. The summed E-state index contributed by atoms with van der Waals surface area (Å²) in [4.78, 5) is 18.5. The molecule has 0 fully saturated rings. The third-order valence-electron chi connectivity index (χ3n) is 1.13. The maximum atomic E-state index is 9.25. The van der Waals surface area contributed by atoms with Crippen LogP contribution in [0.2, 0.25) is 0 Å². The molecule has 1 heterocycles. The average Bonchev–Trinajstić information content (AvgIpc) is 2.83. The van der Waals surface area contributed by atoms with Crippen LogP contribution < -0.4 is 5.73 Å². The van der Waals surface area contributed by atoms with E-state index in [0.717, 1.165) is 17.9 Å². The molecule has 94 valence electrons. The number of hydrogen-bond donors (Lipinski definition) is 3. The van der Waals surface area contributed by atoms with Crippen LogP contribution in [-0.4, -0.2) is 22.2 Å². The van der Waals surface area contributed by atoms with Crippen LogP contribution in [0, 0.1) is 0 Å². The third kappa shape index (κ3) is 16.3. The van der Waals surface area contributed by atoms with Crippen molar-refractivity contribution >= 4 is 11.9 Å². The van der Waals surface area contributed by atoms with E-state index in [-0.39, 0.29) is 0 Å². The molecule has 6 heteroatoms. The van der Waals surface area contributed by atoms with E-state index in [2.05, 4.69) is 13.2 Å². The van der Waals surface area contributed by atoms with Gasteiger partial charge in [-0.3, -0.25) is 0 Å². The van der Waals surface area contributed by atoms with Gasteiger partial charge in [-0.05, 0) is 12.1 Å². The van der Waals surface area contributed by atoms with Gasteiger partial charge in [0.2, 0.25) is 0 Å². The second-order valence-corrected chi connectivity index (χ2v) is 2.37. The molecule has 0 spiro atoms. The Hall–Kier alpha value is -2.34. The fourth-order valence-electron chi connectivity index (χ4n) is 0.429. The number of carboxylic acids is 2. The summed E-state index contributed by atoms with van der Waals surface area (Å²) in [7, 11) is 0. The molecule has 0 aliphatic carbocycles. The lowest BCUT2D eigenvalue weighted by molar-refractivity contribution is -0.132. The zero-order valence-electron chi connectivity index (χ0n) is 9.20. The molecule has 1 aromatic heterocycles.